The van der Waals surface area contributed by atoms with Crippen molar-refractivity contribution < 1.29 is 4.39 Å². The van der Waals surface area contributed by atoms with Crippen LogP contribution in [-0.2, 0) is 12.8 Å². The van der Waals surface area contributed by atoms with Gasteiger partial charge >= 0.3 is 0 Å². The predicted molar refractivity (Wildman–Crippen MR) is 81.2 cm³/mol. The van der Waals surface area contributed by atoms with E-state index in [-0.39, 0.29) is 0 Å². The largest absolute Gasteiger partial charge is 0.247 e. The standard InChI is InChI=1S/C18H23F/c1-5-17(19)7-6-15-9-13(3)11-16-10-12(2)8-14(4)18(15)16/h8-9,11,17H,4-7,10H2,1-3H3. The molecular weight excluding hydrogens is 235 g/mol. The van der Waals surface area contributed by atoms with Crippen LogP contribution in [0.25, 0.3) is 5.57 Å². The van der Waals surface area contributed by atoms with Crippen molar-refractivity contribution in [2.24, 2.45) is 0 Å². The molecule has 1 aromatic carbocycles. The van der Waals surface area contributed by atoms with Crippen LogP contribution >= 0.6 is 0 Å². The summed E-state index contributed by atoms with van der Waals surface area (Å²) in [6.07, 6.45) is 4.50. The van der Waals surface area contributed by atoms with Crippen LogP contribution in [0.5, 0.6) is 0 Å². The van der Waals surface area contributed by atoms with Gasteiger partial charge in [-0.15, -0.1) is 0 Å². The molecule has 0 heterocycles. The normalized spacial score (nSPS) is 16.0. The van der Waals surface area contributed by atoms with E-state index in [1.807, 2.05) is 6.92 Å². The maximum absolute atomic E-state index is 13.5. The van der Waals surface area contributed by atoms with Gasteiger partial charge in [0.05, 0.1) is 0 Å². The Morgan fingerprint density at radius 2 is 2.05 bits per heavy atom. The Bertz CT molecular complexity index is 523. The van der Waals surface area contributed by atoms with E-state index in [9.17, 15) is 4.39 Å². The molecule has 1 aliphatic rings. The molecule has 0 aliphatic heterocycles. The highest BCUT2D eigenvalue weighted by atomic mass is 19.1. The minimum atomic E-state index is -0.690. The van der Waals surface area contributed by atoms with E-state index >= 15 is 0 Å². The van der Waals surface area contributed by atoms with Gasteiger partial charge in [-0.2, -0.15) is 0 Å². The first-order valence-electron chi connectivity index (χ1n) is 7.14. The number of aryl methyl sites for hydroxylation is 2. The van der Waals surface area contributed by atoms with Gasteiger partial charge in [-0.1, -0.05) is 42.8 Å². The fraction of sp³-hybridized carbons (Fsp3) is 0.444. The summed E-state index contributed by atoms with van der Waals surface area (Å²) in [6.45, 7) is 10.3. The van der Waals surface area contributed by atoms with Crippen LogP contribution in [0.4, 0.5) is 4.39 Å². The monoisotopic (exact) mass is 258 g/mol. The average molecular weight is 258 g/mol. The molecule has 0 saturated heterocycles. The summed E-state index contributed by atoms with van der Waals surface area (Å²) in [4.78, 5) is 0. The van der Waals surface area contributed by atoms with Crippen molar-refractivity contribution in [1.82, 2.24) is 0 Å². The summed E-state index contributed by atoms with van der Waals surface area (Å²) < 4.78 is 13.5. The zero-order chi connectivity index (χ0) is 14.0. The van der Waals surface area contributed by atoms with Gasteiger partial charge in [-0.25, -0.2) is 4.39 Å². The lowest BCUT2D eigenvalue weighted by Gasteiger charge is -2.22. The Hall–Kier alpha value is -1.37. The Morgan fingerprint density at radius 3 is 2.74 bits per heavy atom. The second-order valence-electron chi connectivity index (χ2n) is 5.70. The summed E-state index contributed by atoms with van der Waals surface area (Å²) in [6, 6.07) is 4.44. The third-order valence-corrected chi connectivity index (χ3v) is 3.83. The molecule has 0 fully saturated rings. The van der Waals surface area contributed by atoms with Gasteiger partial charge in [0.2, 0.25) is 0 Å². The summed E-state index contributed by atoms with van der Waals surface area (Å²) >= 11 is 0. The lowest BCUT2D eigenvalue weighted by Crippen LogP contribution is -2.07. The van der Waals surface area contributed by atoms with Gasteiger partial charge in [0.1, 0.15) is 6.17 Å². The molecular formula is C18H23F. The molecule has 1 aliphatic carbocycles. The highest BCUT2D eigenvalue weighted by molar-refractivity contribution is 5.79. The number of halogens is 1. The first-order valence-corrected chi connectivity index (χ1v) is 7.14. The molecule has 1 unspecified atom stereocenters. The second kappa shape index (κ2) is 5.73. The molecule has 1 heteroatoms. The molecule has 19 heavy (non-hydrogen) atoms. The summed E-state index contributed by atoms with van der Waals surface area (Å²) in [5.41, 5.74) is 7.58. The highest BCUT2D eigenvalue weighted by Gasteiger charge is 2.17. The number of benzene rings is 1. The number of hydrogen-bond donors (Lipinski definition) is 0. The van der Waals surface area contributed by atoms with Crippen LogP contribution in [0.15, 0.2) is 30.4 Å². The highest BCUT2D eigenvalue weighted by Crippen LogP contribution is 2.33. The van der Waals surface area contributed by atoms with Crippen molar-refractivity contribution in [2.45, 2.75) is 52.6 Å². The number of allylic oxidation sites excluding steroid dienone is 3. The Morgan fingerprint density at radius 1 is 1.32 bits per heavy atom. The van der Waals surface area contributed by atoms with Gasteiger partial charge in [0.25, 0.3) is 0 Å². The Labute approximate surface area is 116 Å². The van der Waals surface area contributed by atoms with Crippen molar-refractivity contribution in [1.29, 1.82) is 0 Å². The van der Waals surface area contributed by atoms with Crippen LogP contribution < -0.4 is 0 Å². The molecule has 2 rings (SSSR count). The van der Waals surface area contributed by atoms with E-state index in [0.29, 0.717) is 12.8 Å². The second-order valence-corrected chi connectivity index (χ2v) is 5.70. The fourth-order valence-corrected chi connectivity index (χ4v) is 2.93. The van der Waals surface area contributed by atoms with Gasteiger partial charge in [-0.05, 0) is 61.8 Å². The molecule has 0 spiro atoms. The van der Waals surface area contributed by atoms with Gasteiger partial charge < -0.3 is 0 Å². The van der Waals surface area contributed by atoms with E-state index < -0.39 is 6.17 Å². The molecule has 0 amide bonds. The van der Waals surface area contributed by atoms with Crippen molar-refractivity contribution in [3.05, 3.63) is 52.6 Å². The van der Waals surface area contributed by atoms with Crippen molar-refractivity contribution >= 4 is 5.57 Å². The first-order chi connectivity index (χ1) is 9.01. The van der Waals surface area contributed by atoms with Crippen molar-refractivity contribution in [3.63, 3.8) is 0 Å². The molecule has 0 aromatic heterocycles. The molecule has 0 N–H and O–H groups in total. The minimum Gasteiger partial charge on any atom is -0.247 e. The molecule has 0 saturated carbocycles. The van der Waals surface area contributed by atoms with Gasteiger partial charge in [-0.3, -0.25) is 0 Å². The zero-order valence-corrected chi connectivity index (χ0v) is 12.2. The van der Waals surface area contributed by atoms with Gasteiger partial charge in [0.15, 0.2) is 0 Å². The number of hydrogen-bond acceptors (Lipinski definition) is 0. The molecule has 0 nitrogen and oxygen atoms in total. The van der Waals surface area contributed by atoms with E-state index in [0.717, 1.165) is 18.4 Å². The van der Waals surface area contributed by atoms with Crippen LogP contribution in [0.3, 0.4) is 0 Å². The number of rotatable bonds is 4. The topological polar surface area (TPSA) is 0 Å². The van der Waals surface area contributed by atoms with Crippen molar-refractivity contribution in [3.8, 4) is 0 Å². The Balaban J connectivity index is 2.33. The molecule has 102 valence electrons. The molecule has 0 bridgehead atoms. The average Bonchev–Trinajstić information content (AvgIpc) is 2.34. The quantitative estimate of drug-likeness (QED) is 0.697. The molecule has 0 radical (unpaired) electrons. The smallest absolute Gasteiger partial charge is 0.100 e. The summed E-state index contributed by atoms with van der Waals surface area (Å²) in [5, 5.41) is 0. The van der Waals surface area contributed by atoms with Crippen LogP contribution in [0.2, 0.25) is 0 Å². The lowest BCUT2D eigenvalue weighted by atomic mass is 9.83. The van der Waals surface area contributed by atoms with E-state index in [2.05, 4.69) is 38.6 Å². The lowest BCUT2D eigenvalue weighted by molar-refractivity contribution is 0.306. The Kier molecular flexibility index (Phi) is 4.24. The maximum Gasteiger partial charge on any atom is 0.100 e. The summed E-state index contributed by atoms with van der Waals surface area (Å²) in [7, 11) is 0. The summed E-state index contributed by atoms with van der Waals surface area (Å²) in [5.74, 6) is 0. The van der Waals surface area contributed by atoms with Crippen LogP contribution in [0.1, 0.15) is 48.9 Å². The molecule has 1 aromatic rings. The van der Waals surface area contributed by atoms with E-state index in [1.165, 1.54) is 27.8 Å². The molecule has 1 atom stereocenters. The van der Waals surface area contributed by atoms with Crippen LogP contribution in [0, 0.1) is 6.92 Å². The van der Waals surface area contributed by atoms with E-state index in [4.69, 9.17) is 0 Å². The third-order valence-electron chi connectivity index (χ3n) is 3.83. The number of fused-ring (bicyclic) bond motifs is 1. The third kappa shape index (κ3) is 3.15. The SMILES string of the molecule is C=C1C=C(C)Cc2cc(C)cc(CCC(F)CC)c21. The van der Waals surface area contributed by atoms with Crippen molar-refractivity contribution in [2.75, 3.05) is 0 Å². The zero-order valence-electron chi connectivity index (χ0n) is 12.2. The number of alkyl halides is 1. The maximum atomic E-state index is 13.5. The minimum absolute atomic E-state index is 0.605. The van der Waals surface area contributed by atoms with Crippen LogP contribution in [-0.4, -0.2) is 6.17 Å². The van der Waals surface area contributed by atoms with Gasteiger partial charge in [0, 0.05) is 0 Å². The first kappa shape index (κ1) is 14.0. The van der Waals surface area contributed by atoms with E-state index in [1.54, 1.807) is 0 Å². The fourth-order valence-electron chi connectivity index (χ4n) is 2.93. The predicted octanol–water partition coefficient (Wildman–Crippen LogP) is 5.19.